The first-order chi connectivity index (χ1) is 14.4. The van der Waals surface area contributed by atoms with Crippen molar-refractivity contribution in [3.05, 3.63) is 48.0 Å². The van der Waals surface area contributed by atoms with Crippen LogP contribution in [0.15, 0.2) is 52.0 Å². The zero-order valence-electron chi connectivity index (χ0n) is 15.9. The van der Waals surface area contributed by atoms with E-state index < -0.39 is 20.9 Å². The molecule has 1 fully saturated rings. The van der Waals surface area contributed by atoms with Gasteiger partial charge in [-0.25, -0.2) is 18.5 Å². The summed E-state index contributed by atoms with van der Waals surface area (Å²) in [7, 11) is -4.17. The number of piperidine rings is 1. The van der Waals surface area contributed by atoms with E-state index in [2.05, 4.69) is 25.5 Å². The van der Waals surface area contributed by atoms with Crippen molar-refractivity contribution in [2.45, 2.75) is 23.8 Å². The van der Waals surface area contributed by atoms with E-state index in [1.54, 1.807) is 6.07 Å². The Hall–Kier alpha value is -3.45. The first-order valence-electron chi connectivity index (χ1n) is 9.16. The van der Waals surface area contributed by atoms with Crippen LogP contribution in [0.3, 0.4) is 0 Å². The molecule has 1 saturated heterocycles. The van der Waals surface area contributed by atoms with E-state index in [1.807, 2.05) is 33.7 Å². The molecule has 156 valence electrons. The van der Waals surface area contributed by atoms with Crippen molar-refractivity contribution in [1.82, 2.24) is 19.6 Å². The highest BCUT2D eigenvalue weighted by molar-refractivity contribution is 7.89. The van der Waals surface area contributed by atoms with Gasteiger partial charge >= 0.3 is 0 Å². The van der Waals surface area contributed by atoms with Gasteiger partial charge < -0.3 is 10.7 Å². The Kier molecular flexibility index (Phi) is 5.13. The van der Waals surface area contributed by atoms with Crippen LogP contribution in [0.2, 0.25) is 0 Å². The summed E-state index contributed by atoms with van der Waals surface area (Å²) in [6.07, 6.45) is 4.83. The highest BCUT2D eigenvalue weighted by atomic mass is 32.2. The number of nitrogens with one attached hydrogen (secondary N) is 1. The number of sulfonamides is 1. The number of nitrogens with zero attached hydrogens (tertiary/aromatic N) is 7. The van der Waals surface area contributed by atoms with Crippen molar-refractivity contribution in [3.63, 3.8) is 0 Å². The molecular weight excluding hydrogens is 408 g/mol. The van der Waals surface area contributed by atoms with Crippen molar-refractivity contribution in [3.8, 4) is 0 Å². The molecule has 0 unspecified atom stereocenters. The summed E-state index contributed by atoms with van der Waals surface area (Å²) < 4.78 is 26.0. The van der Waals surface area contributed by atoms with Gasteiger partial charge in [0.05, 0.1) is 11.3 Å². The number of amidine groups is 1. The van der Waals surface area contributed by atoms with Crippen LogP contribution in [0, 0.1) is 5.41 Å². The molecule has 3 aromatic heterocycles. The minimum absolute atomic E-state index is 0.0134. The van der Waals surface area contributed by atoms with Crippen LogP contribution in [0.25, 0.3) is 5.65 Å². The summed E-state index contributed by atoms with van der Waals surface area (Å²) in [4.78, 5) is 5.83. The maximum absolute atomic E-state index is 12.0. The average molecular weight is 428 g/mol. The van der Waals surface area contributed by atoms with Gasteiger partial charge in [0.1, 0.15) is 5.82 Å². The minimum Gasteiger partial charge on any atom is -0.371 e. The SMILES string of the molecule is N=C(N=NN)c1c(N2CCC(c3nnc4ccccn34)CC2)ccnc1S(N)(=O)=O. The van der Waals surface area contributed by atoms with E-state index in [-0.39, 0.29) is 11.5 Å². The standard InChI is InChI=1S/C17H20N10O2S/c18-15(23-25-19)14-12(4-7-21-17(14)30(20,28)29)26-9-5-11(6-10-26)16-24-22-13-3-1-2-8-27(13)16/h1-4,7-8,11H,5-6,9-10H2,(H3,18,19,23)(H2,20,28,29). The molecule has 5 N–H and O–H groups in total. The van der Waals surface area contributed by atoms with Gasteiger partial charge in [-0.3, -0.25) is 9.81 Å². The molecule has 0 bridgehead atoms. The predicted molar refractivity (Wildman–Crippen MR) is 109 cm³/mol. The van der Waals surface area contributed by atoms with Crippen molar-refractivity contribution < 1.29 is 8.42 Å². The number of rotatable bonds is 4. The molecule has 0 amide bonds. The van der Waals surface area contributed by atoms with Gasteiger partial charge in [-0.1, -0.05) is 11.3 Å². The lowest BCUT2D eigenvalue weighted by Gasteiger charge is -2.34. The lowest BCUT2D eigenvalue weighted by Crippen LogP contribution is -2.35. The van der Waals surface area contributed by atoms with Crippen molar-refractivity contribution in [2.24, 2.45) is 21.3 Å². The summed E-state index contributed by atoms with van der Waals surface area (Å²) in [5.41, 5.74) is 1.28. The van der Waals surface area contributed by atoms with Crippen LogP contribution >= 0.6 is 0 Å². The highest BCUT2D eigenvalue weighted by Gasteiger charge is 2.29. The third-order valence-corrected chi connectivity index (χ3v) is 5.95. The minimum atomic E-state index is -4.17. The maximum Gasteiger partial charge on any atom is 0.256 e. The second-order valence-corrected chi connectivity index (χ2v) is 8.34. The summed E-state index contributed by atoms with van der Waals surface area (Å²) in [5, 5.41) is 28.1. The normalized spacial score (nSPS) is 15.8. The number of anilines is 1. The fourth-order valence-electron chi connectivity index (χ4n) is 3.76. The first kappa shape index (κ1) is 19.8. The monoisotopic (exact) mass is 428 g/mol. The third-order valence-electron chi connectivity index (χ3n) is 5.10. The molecule has 13 heteroatoms. The molecule has 0 aromatic carbocycles. The van der Waals surface area contributed by atoms with Gasteiger partial charge in [0.15, 0.2) is 16.5 Å². The van der Waals surface area contributed by atoms with Gasteiger partial charge in [0.25, 0.3) is 10.0 Å². The summed E-state index contributed by atoms with van der Waals surface area (Å²) in [6.45, 7) is 1.22. The van der Waals surface area contributed by atoms with Crippen molar-refractivity contribution in [2.75, 3.05) is 18.0 Å². The number of hydrogen-bond acceptors (Lipinski definition) is 8. The fourth-order valence-corrected chi connectivity index (χ4v) is 4.45. The van der Waals surface area contributed by atoms with E-state index in [9.17, 15) is 8.42 Å². The quantitative estimate of drug-likeness (QED) is 0.181. The maximum atomic E-state index is 12.0. The van der Waals surface area contributed by atoms with E-state index in [1.165, 1.54) is 6.20 Å². The Balaban J connectivity index is 1.64. The molecule has 0 saturated carbocycles. The molecule has 1 aliphatic rings. The Morgan fingerprint density at radius 2 is 1.97 bits per heavy atom. The van der Waals surface area contributed by atoms with E-state index in [0.717, 1.165) is 24.3 Å². The number of nitrogens with two attached hydrogens (primary N) is 2. The van der Waals surface area contributed by atoms with Crippen LogP contribution in [-0.4, -0.2) is 46.9 Å². The number of pyridine rings is 2. The van der Waals surface area contributed by atoms with Crippen LogP contribution in [-0.2, 0) is 10.0 Å². The molecule has 0 spiro atoms. The van der Waals surface area contributed by atoms with Crippen molar-refractivity contribution in [1.29, 1.82) is 5.41 Å². The molecular formula is C17H20N10O2S. The Morgan fingerprint density at radius 3 is 2.67 bits per heavy atom. The van der Waals surface area contributed by atoms with Crippen LogP contribution in [0.1, 0.15) is 30.1 Å². The third kappa shape index (κ3) is 3.59. The van der Waals surface area contributed by atoms with Gasteiger partial charge in [-0.2, -0.15) is 0 Å². The molecule has 1 aliphatic heterocycles. The molecule has 0 aliphatic carbocycles. The van der Waals surface area contributed by atoms with Gasteiger partial charge in [-0.05, 0) is 31.0 Å². The lowest BCUT2D eigenvalue weighted by molar-refractivity contribution is 0.482. The number of hydrogen-bond donors (Lipinski definition) is 3. The van der Waals surface area contributed by atoms with Gasteiger partial charge in [-0.15, -0.1) is 15.3 Å². The topological polar surface area (TPSA) is 181 Å². The molecule has 3 aromatic rings. The first-order valence-corrected chi connectivity index (χ1v) is 10.7. The van der Waals surface area contributed by atoms with Gasteiger partial charge in [0.2, 0.25) is 0 Å². The van der Waals surface area contributed by atoms with Crippen LogP contribution < -0.4 is 15.9 Å². The van der Waals surface area contributed by atoms with Crippen molar-refractivity contribution >= 4 is 27.2 Å². The van der Waals surface area contributed by atoms with E-state index >= 15 is 0 Å². The van der Waals surface area contributed by atoms with Crippen LogP contribution in [0.5, 0.6) is 0 Å². The summed E-state index contributed by atoms with van der Waals surface area (Å²) in [5.74, 6) is 5.74. The Labute approximate surface area is 172 Å². The molecule has 12 nitrogen and oxygen atoms in total. The van der Waals surface area contributed by atoms with E-state index in [4.69, 9.17) is 16.4 Å². The number of aromatic nitrogens is 4. The predicted octanol–water partition coefficient (Wildman–Crippen LogP) is 0.807. The van der Waals surface area contributed by atoms with Gasteiger partial charge in [0, 0.05) is 31.4 Å². The molecule has 0 radical (unpaired) electrons. The molecule has 0 atom stereocenters. The van der Waals surface area contributed by atoms with Crippen LogP contribution in [0.4, 0.5) is 5.69 Å². The zero-order valence-corrected chi connectivity index (χ0v) is 16.7. The number of fused-ring (bicyclic) bond motifs is 1. The zero-order chi connectivity index (χ0) is 21.3. The molecule has 4 rings (SSSR count). The Bertz CT molecular complexity index is 1230. The second kappa shape index (κ2) is 7.76. The summed E-state index contributed by atoms with van der Waals surface area (Å²) in [6, 6.07) is 7.39. The average Bonchev–Trinajstić information content (AvgIpc) is 3.17. The molecule has 4 heterocycles. The smallest absolute Gasteiger partial charge is 0.256 e. The molecule has 30 heavy (non-hydrogen) atoms. The van der Waals surface area contributed by atoms with E-state index in [0.29, 0.717) is 18.8 Å². The fraction of sp³-hybridized carbons (Fsp3) is 0.294. The lowest BCUT2D eigenvalue weighted by atomic mass is 9.95. The highest BCUT2D eigenvalue weighted by Crippen LogP contribution is 2.33. The summed E-state index contributed by atoms with van der Waals surface area (Å²) >= 11 is 0. The second-order valence-electron chi connectivity index (χ2n) is 6.87. The Morgan fingerprint density at radius 1 is 1.20 bits per heavy atom. The number of primary sulfonamides is 1. The largest absolute Gasteiger partial charge is 0.371 e.